The van der Waals surface area contributed by atoms with Gasteiger partial charge in [0.2, 0.25) is 0 Å². The molecule has 0 fully saturated rings. The number of rotatable bonds is 5. The van der Waals surface area contributed by atoms with E-state index >= 15 is 0 Å². The number of aliphatic hydroxyl groups is 1. The van der Waals surface area contributed by atoms with E-state index in [-0.39, 0.29) is 0 Å². The summed E-state index contributed by atoms with van der Waals surface area (Å²) in [6.45, 7) is 4.02. The molecule has 0 aliphatic heterocycles. The molecule has 0 aliphatic carbocycles. The number of aliphatic hydroxyl groups excluding tert-OH is 1. The molecule has 0 saturated heterocycles. The third-order valence-corrected chi connectivity index (χ3v) is 2.83. The summed E-state index contributed by atoms with van der Waals surface area (Å²) in [5.41, 5.74) is 0.934. The van der Waals surface area contributed by atoms with Crippen molar-refractivity contribution in [3.63, 3.8) is 0 Å². The Balaban J connectivity index is 2.46. The van der Waals surface area contributed by atoms with Crippen LogP contribution >= 0.6 is 11.6 Å². The van der Waals surface area contributed by atoms with Crippen LogP contribution in [0.25, 0.3) is 0 Å². The molecule has 0 spiro atoms. The Kier molecular flexibility index (Phi) is 5.09. The molecule has 1 atom stereocenters. The maximum atomic E-state index is 9.89. The minimum absolute atomic E-state index is 0.392. The van der Waals surface area contributed by atoms with Crippen molar-refractivity contribution in [3.8, 4) is 0 Å². The molecule has 1 N–H and O–H groups in total. The van der Waals surface area contributed by atoms with Crippen molar-refractivity contribution in [1.82, 2.24) is 4.90 Å². The molecule has 0 aliphatic rings. The fourth-order valence-corrected chi connectivity index (χ4v) is 1.48. The molecule has 1 unspecified atom stereocenters. The Labute approximate surface area is 96.5 Å². The van der Waals surface area contributed by atoms with Crippen molar-refractivity contribution in [1.29, 1.82) is 0 Å². The van der Waals surface area contributed by atoms with Gasteiger partial charge in [0.15, 0.2) is 0 Å². The molecule has 0 saturated carbocycles. The van der Waals surface area contributed by atoms with E-state index < -0.39 is 6.10 Å². The van der Waals surface area contributed by atoms with Gasteiger partial charge in [-0.05, 0) is 37.7 Å². The van der Waals surface area contributed by atoms with E-state index in [1.807, 2.05) is 24.3 Å². The van der Waals surface area contributed by atoms with Gasteiger partial charge < -0.3 is 10.0 Å². The highest BCUT2D eigenvalue weighted by molar-refractivity contribution is 6.30. The van der Waals surface area contributed by atoms with E-state index in [1.165, 1.54) is 0 Å². The maximum Gasteiger partial charge on any atom is 0.0802 e. The minimum Gasteiger partial charge on any atom is -0.388 e. The molecule has 84 valence electrons. The standard InChI is InChI=1S/C12H18ClNO/c1-3-14(2)9-8-12(15)10-4-6-11(13)7-5-10/h4-7,12,15H,3,8-9H2,1-2H3. The maximum absolute atomic E-state index is 9.89. The second-order valence-corrected chi connectivity index (χ2v) is 4.19. The topological polar surface area (TPSA) is 23.5 Å². The first-order valence-corrected chi connectivity index (χ1v) is 5.63. The van der Waals surface area contributed by atoms with E-state index in [1.54, 1.807) is 0 Å². The third-order valence-electron chi connectivity index (χ3n) is 2.58. The second-order valence-electron chi connectivity index (χ2n) is 3.75. The summed E-state index contributed by atoms with van der Waals surface area (Å²) in [5.74, 6) is 0. The average molecular weight is 228 g/mol. The molecular weight excluding hydrogens is 210 g/mol. The minimum atomic E-state index is -0.392. The predicted octanol–water partition coefficient (Wildman–Crippen LogP) is 2.72. The van der Waals surface area contributed by atoms with Crippen molar-refractivity contribution in [3.05, 3.63) is 34.9 Å². The Hall–Kier alpha value is -0.570. The van der Waals surface area contributed by atoms with Gasteiger partial charge in [-0.3, -0.25) is 0 Å². The van der Waals surface area contributed by atoms with Crippen LogP contribution < -0.4 is 0 Å². The molecule has 3 heteroatoms. The van der Waals surface area contributed by atoms with Gasteiger partial charge in [0.05, 0.1) is 6.10 Å². The zero-order valence-electron chi connectivity index (χ0n) is 9.28. The second kappa shape index (κ2) is 6.11. The van der Waals surface area contributed by atoms with Gasteiger partial charge >= 0.3 is 0 Å². The number of nitrogens with zero attached hydrogens (tertiary/aromatic N) is 1. The first kappa shape index (κ1) is 12.5. The summed E-state index contributed by atoms with van der Waals surface area (Å²) >= 11 is 5.78. The van der Waals surface area contributed by atoms with Gasteiger partial charge in [-0.15, -0.1) is 0 Å². The molecule has 15 heavy (non-hydrogen) atoms. The van der Waals surface area contributed by atoms with E-state index in [0.29, 0.717) is 5.02 Å². The zero-order chi connectivity index (χ0) is 11.3. The molecule has 1 aromatic carbocycles. The summed E-state index contributed by atoms with van der Waals surface area (Å²) in [7, 11) is 2.05. The summed E-state index contributed by atoms with van der Waals surface area (Å²) in [6, 6.07) is 7.37. The number of hydrogen-bond donors (Lipinski definition) is 1. The van der Waals surface area contributed by atoms with Crippen LogP contribution in [0.5, 0.6) is 0 Å². The van der Waals surface area contributed by atoms with Crippen molar-refractivity contribution in [2.24, 2.45) is 0 Å². The quantitative estimate of drug-likeness (QED) is 0.836. The lowest BCUT2D eigenvalue weighted by molar-refractivity contribution is 0.150. The molecule has 2 nitrogen and oxygen atoms in total. The lowest BCUT2D eigenvalue weighted by Gasteiger charge is -2.17. The highest BCUT2D eigenvalue weighted by Crippen LogP contribution is 2.19. The van der Waals surface area contributed by atoms with E-state index in [2.05, 4.69) is 18.9 Å². The van der Waals surface area contributed by atoms with Crippen LogP contribution in [0.2, 0.25) is 5.02 Å². The van der Waals surface area contributed by atoms with Crippen LogP contribution in [0.3, 0.4) is 0 Å². The Morgan fingerprint density at radius 1 is 1.33 bits per heavy atom. The van der Waals surface area contributed by atoms with Crippen molar-refractivity contribution in [2.75, 3.05) is 20.1 Å². The first-order valence-electron chi connectivity index (χ1n) is 5.25. The van der Waals surface area contributed by atoms with Crippen molar-refractivity contribution >= 4 is 11.6 Å². The van der Waals surface area contributed by atoms with Crippen LogP contribution in [-0.2, 0) is 0 Å². The molecule has 1 rings (SSSR count). The molecular formula is C12H18ClNO. The monoisotopic (exact) mass is 227 g/mol. The lowest BCUT2D eigenvalue weighted by Crippen LogP contribution is -2.20. The Morgan fingerprint density at radius 3 is 2.47 bits per heavy atom. The lowest BCUT2D eigenvalue weighted by atomic mass is 10.1. The van der Waals surface area contributed by atoms with Crippen LogP contribution in [0.1, 0.15) is 25.0 Å². The van der Waals surface area contributed by atoms with Gasteiger partial charge in [0.25, 0.3) is 0 Å². The normalized spacial score (nSPS) is 13.1. The molecule has 0 aromatic heterocycles. The van der Waals surface area contributed by atoms with E-state index in [9.17, 15) is 5.11 Å². The molecule has 0 heterocycles. The number of hydrogen-bond acceptors (Lipinski definition) is 2. The van der Waals surface area contributed by atoms with Gasteiger partial charge in [-0.2, -0.15) is 0 Å². The predicted molar refractivity (Wildman–Crippen MR) is 64.2 cm³/mol. The van der Waals surface area contributed by atoms with Crippen LogP contribution in [0, 0.1) is 0 Å². The number of benzene rings is 1. The van der Waals surface area contributed by atoms with Crippen LogP contribution in [0.15, 0.2) is 24.3 Å². The fraction of sp³-hybridized carbons (Fsp3) is 0.500. The SMILES string of the molecule is CCN(C)CCC(O)c1ccc(Cl)cc1. The summed E-state index contributed by atoms with van der Waals surface area (Å²) < 4.78 is 0. The summed E-state index contributed by atoms with van der Waals surface area (Å²) in [6.07, 6.45) is 0.364. The van der Waals surface area contributed by atoms with E-state index in [0.717, 1.165) is 25.1 Å². The smallest absolute Gasteiger partial charge is 0.0802 e. The van der Waals surface area contributed by atoms with Crippen LogP contribution in [0.4, 0.5) is 0 Å². The molecule has 0 radical (unpaired) electrons. The molecule has 0 bridgehead atoms. The Bertz CT molecular complexity index is 286. The first-order chi connectivity index (χ1) is 7.13. The third kappa shape index (κ3) is 4.20. The largest absolute Gasteiger partial charge is 0.388 e. The zero-order valence-corrected chi connectivity index (χ0v) is 10.0. The molecule has 1 aromatic rings. The van der Waals surface area contributed by atoms with Crippen LogP contribution in [-0.4, -0.2) is 30.1 Å². The molecule has 0 amide bonds. The highest BCUT2D eigenvalue weighted by Gasteiger charge is 2.07. The fourth-order valence-electron chi connectivity index (χ4n) is 1.35. The van der Waals surface area contributed by atoms with E-state index in [4.69, 9.17) is 11.6 Å². The van der Waals surface area contributed by atoms with Gasteiger partial charge in [-0.1, -0.05) is 30.7 Å². The van der Waals surface area contributed by atoms with Crippen molar-refractivity contribution in [2.45, 2.75) is 19.4 Å². The highest BCUT2D eigenvalue weighted by atomic mass is 35.5. The van der Waals surface area contributed by atoms with Gasteiger partial charge in [-0.25, -0.2) is 0 Å². The summed E-state index contributed by atoms with van der Waals surface area (Å²) in [4.78, 5) is 2.18. The van der Waals surface area contributed by atoms with Gasteiger partial charge in [0, 0.05) is 11.6 Å². The summed E-state index contributed by atoms with van der Waals surface area (Å²) in [5, 5.41) is 10.6. The van der Waals surface area contributed by atoms with Gasteiger partial charge in [0.1, 0.15) is 0 Å². The Morgan fingerprint density at radius 2 is 1.93 bits per heavy atom. The number of halogens is 1. The van der Waals surface area contributed by atoms with Crippen molar-refractivity contribution < 1.29 is 5.11 Å². The average Bonchev–Trinajstić information content (AvgIpc) is 2.26.